The van der Waals surface area contributed by atoms with E-state index in [0.717, 1.165) is 46.7 Å². The predicted molar refractivity (Wildman–Crippen MR) is 105 cm³/mol. The van der Waals surface area contributed by atoms with E-state index >= 15 is 0 Å². The molecule has 4 nitrogen and oxygen atoms in total. The molecule has 1 aliphatic heterocycles. The van der Waals surface area contributed by atoms with Gasteiger partial charge in [-0.15, -0.1) is 0 Å². The Morgan fingerprint density at radius 3 is 2.52 bits per heavy atom. The molecule has 2 aliphatic rings. The number of benzene rings is 2. The summed E-state index contributed by atoms with van der Waals surface area (Å²) >= 11 is 0. The summed E-state index contributed by atoms with van der Waals surface area (Å²) in [5, 5.41) is 0. The third-order valence-corrected chi connectivity index (χ3v) is 5.45. The maximum atomic E-state index is 13.1. The van der Waals surface area contributed by atoms with Crippen LogP contribution in [0.15, 0.2) is 59.8 Å². The molecule has 1 atom stereocenters. The van der Waals surface area contributed by atoms with Crippen molar-refractivity contribution in [3.8, 4) is 5.75 Å². The van der Waals surface area contributed by atoms with Crippen LogP contribution in [0.1, 0.15) is 42.7 Å². The van der Waals surface area contributed by atoms with Gasteiger partial charge in [0.1, 0.15) is 5.75 Å². The average Bonchev–Trinajstić information content (AvgIpc) is 2.68. The number of ether oxygens (including phenoxy) is 1. The maximum Gasteiger partial charge on any atom is 0.232 e. The van der Waals surface area contributed by atoms with Crippen LogP contribution in [0.4, 0.5) is 5.69 Å². The molecule has 27 heavy (non-hydrogen) atoms. The number of hydrogen-bond acceptors (Lipinski definition) is 3. The lowest BCUT2D eigenvalue weighted by molar-refractivity contribution is -0.119. The standard InChI is InChI=1S/C23H23NO3/c1-15-5-3-6-16(13-15)19-14-22(26)24(17-9-11-18(27-2)12-10-17)20-7-4-8-21(25)23(19)20/h3,5-6,9-13,19H,4,7-8,14H2,1-2H3. The van der Waals surface area contributed by atoms with Crippen molar-refractivity contribution >= 4 is 17.4 Å². The summed E-state index contributed by atoms with van der Waals surface area (Å²) in [5.74, 6) is 0.818. The average molecular weight is 361 g/mol. The van der Waals surface area contributed by atoms with Crippen molar-refractivity contribution in [3.05, 3.63) is 70.9 Å². The molecule has 0 N–H and O–H groups in total. The van der Waals surface area contributed by atoms with Crippen LogP contribution in [-0.4, -0.2) is 18.8 Å². The third-order valence-electron chi connectivity index (χ3n) is 5.45. The minimum atomic E-state index is -0.144. The zero-order chi connectivity index (χ0) is 19.0. The summed E-state index contributed by atoms with van der Waals surface area (Å²) in [6.07, 6.45) is 2.42. The Morgan fingerprint density at radius 2 is 1.81 bits per heavy atom. The van der Waals surface area contributed by atoms with Crippen LogP contribution in [0.5, 0.6) is 5.75 Å². The van der Waals surface area contributed by atoms with E-state index in [9.17, 15) is 9.59 Å². The number of anilines is 1. The number of ketones is 1. The van der Waals surface area contributed by atoms with Gasteiger partial charge in [-0.1, -0.05) is 29.8 Å². The molecule has 2 aromatic carbocycles. The lowest BCUT2D eigenvalue weighted by Gasteiger charge is -2.38. The number of amides is 1. The van der Waals surface area contributed by atoms with Crippen LogP contribution in [0, 0.1) is 6.92 Å². The van der Waals surface area contributed by atoms with Gasteiger partial charge in [-0.25, -0.2) is 0 Å². The van der Waals surface area contributed by atoms with Gasteiger partial charge < -0.3 is 4.74 Å². The van der Waals surface area contributed by atoms with Gasteiger partial charge in [0.25, 0.3) is 0 Å². The van der Waals surface area contributed by atoms with E-state index in [1.807, 2.05) is 49.4 Å². The molecule has 2 aromatic rings. The van der Waals surface area contributed by atoms with Gasteiger partial charge in [0, 0.05) is 35.7 Å². The van der Waals surface area contributed by atoms with Crippen LogP contribution < -0.4 is 9.64 Å². The van der Waals surface area contributed by atoms with Gasteiger partial charge in [0.2, 0.25) is 5.91 Å². The molecule has 0 aromatic heterocycles. The van der Waals surface area contributed by atoms with E-state index in [2.05, 4.69) is 6.07 Å². The van der Waals surface area contributed by atoms with Crippen molar-refractivity contribution in [1.29, 1.82) is 0 Å². The first-order chi connectivity index (χ1) is 13.1. The van der Waals surface area contributed by atoms with E-state index in [4.69, 9.17) is 4.74 Å². The summed E-state index contributed by atoms with van der Waals surface area (Å²) in [4.78, 5) is 27.7. The van der Waals surface area contributed by atoms with E-state index in [0.29, 0.717) is 12.8 Å². The second-order valence-corrected chi connectivity index (χ2v) is 7.24. The highest BCUT2D eigenvalue weighted by atomic mass is 16.5. The highest BCUT2D eigenvalue weighted by molar-refractivity contribution is 6.07. The smallest absolute Gasteiger partial charge is 0.232 e. The topological polar surface area (TPSA) is 46.6 Å². The van der Waals surface area contributed by atoms with Gasteiger partial charge in [-0.3, -0.25) is 14.5 Å². The van der Waals surface area contributed by atoms with Crippen LogP contribution in [-0.2, 0) is 9.59 Å². The SMILES string of the molecule is COc1ccc(N2C(=O)CC(c3cccc(C)c3)C3=C2CCCC3=O)cc1. The lowest BCUT2D eigenvalue weighted by atomic mass is 9.77. The molecule has 0 spiro atoms. The van der Waals surface area contributed by atoms with Crippen molar-refractivity contribution in [3.63, 3.8) is 0 Å². The molecule has 1 unspecified atom stereocenters. The molecular formula is C23H23NO3. The lowest BCUT2D eigenvalue weighted by Crippen LogP contribution is -2.40. The number of hydrogen-bond donors (Lipinski definition) is 0. The Labute approximate surface area is 159 Å². The first-order valence-corrected chi connectivity index (χ1v) is 9.38. The Balaban J connectivity index is 1.83. The van der Waals surface area contributed by atoms with Crippen molar-refractivity contribution in [2.45, 2.75) is 38.5 Å². The quantitative estimate of drug-likeness (QED) is 0.807. The number of carbonyl (C=O) groups excluding carboxylic acids is 2. The Bertz CT molecular complexity index is 927. The highest BCUT2D eigenvalue weighted by Gasteiger charge is 2.39. The molecule has 4 rings (SSSR count). The van der Waals surface area contributed by atoms with Crippen molar-refractivity contribution in [2.24, 2.45) is 0 Å². The summed E-state index contributed by atoms with van der Waals surface area (Å²) in [6, 6.07) is 15.6. The normalized spacial score (nSPS) is 19.9. The van der Waals surface area contributed by atoms with Crippen LogP contribution >= 0.6 is 0 Å². The molecule has 138 valence electrons. The van der Waals surface area contributed by atoms with Crippen molar-refractivity contribution in [1.82, 2.24) is 0 Å². The van der Waals surface area contributed by atoms with Crippen molar-refractivity contribution in [2.75, 3.05) is 12.0 Å². The molecule has 0 bridgehead atoms. The first kappa shape index (κ1) is 17.5. The molecule has 1 heterocycles. The summed E-state index contributed by atoms with van der Waals surface area (Å²) < 4.78 is 5.22. The van der Waals surface area contributed by atoms with Gasteiger partial charge >= 0.3 is 0 Å². The Morgan fingerprint density at radius 1 is 1.04 bits per heavy atom. The van der Waals surface area contributed by atoms with Gasteiger partial charge in [-0.05, 0) is 49.6 Å². The Hall–Kier alpha value is -2.88. The molecule has 0 saturated carbocycles. The number of methoxy groups -OCH3 is 1. The third kappa shape index (κ3) is 3.16. The van der Waals surface area contributed by atoms with E-state index in [1.54, 1.807) is 12.0 Å². The Kier molecular flexibility index (Phi) is 4.56. The fraction of sp³-hybridized carbons (Fsp3) is 0.304. The number of rotatable bonds is 3. The van der Waals surface area contributed by atoms with Gasteiger partial charge in [-0.2, -0.15) is 0 Å². The predicted octanol–water partition coefficient (Wildman–Crippen LogP) is 4.53. The summed E-state index contributed by atoms with van der Waals surface area (Å²) in [5.41, 5.74) is 4.69. The second-order valence-electron chi connectivity index (χ2n) is 7.24. The molecular weight excluding hydrogens is 338 g/mol. The fourth-order valence-corrected chi connectivity index (χ4v) is 4.20. The molecule has 4 heteroatoms. The summed E-state index contributed by atoms with van der Waals surface area (Å²) in [6.45, 7) is 2.04. The molecule has 0 radical (unpaired) electrons. The number of Topliss-reactive ketones (excluding diaryl/α,β-unsaturated/α-hetero) is 1. The summed E-state index contributed by atoms with van der Waals surface area (Å²) in [7, 11) is 1.62. The van der Waals surface area contributed by atoms with E-state index in [1.165, 1.54) is 0 Å². The molecule has 1 amide bonds. The molecule has 1 aliphatic carbocycles. The van der Waals surface area contributed by atoms with E-state index in [-0.39, 0.29) is 17.6 Å². The number of allylic oxidation sites excluding steroid dienone is 2. The van der Waals surface area contributed by atoms with E-state index < -0.39 is 0 Å². The second kappa shape index (κ2) is 7.03. The van der Waals surface area contributed by atoms with Crippen LogP contribution in [0.2, 0.25) is 0 Å². The minimum absolute atomic E-state index is 0.0418. The van der Waals surface area contributed by atoms with Gasteiger partial charge in [0.15, 0.2) is 5.78 Å². The molecule has 0 saturated heterocycles. The number of nitrogens with zero attached hydrogens (tertiary/aromatic N) is 1. The van der Waals surface area contributed by atoms with Crippen LogP contribution in [0.3, 0.4) is 0 Å². The van der Waals surface area contributed by atoms with Crippen molar-refractivity contribution < 1.29 is 14.3 Å². The van der Waals surface area contributed by atoms with Crippen LogP contribution in [0.25, 0.3) is 0 Å². The minimum Gasteiger partial charge on any atom is -0.497 e. The number of aryl methyl sites for hydroxylation is 1. The highest BCUT2D eigenvalue weighted by Crippen LogP contribution is 2.43. The first-order valence-electron chi connectivity index (χ1n) is 9.38. The largest absolute Gasteiger partial charge is 0.497 e. The van der Waals surface area contributed by atoms with Gasteiger partial charge in [0.05, 0.1) is 7.11 Å². The fourth-order valence-electron chi connectivity index (χ4n) is 4.20. The monoisotopic (exact) mass is 361 g/mol. The molecule has 0 fully saturated rings. The number of carbonyl (C=O) groups is 2. The zero-order valence-electron chi connectivity index (χ0n) is 15.7. The zero-order valence-corrected chi connectivity index (χ0v) is 15.7. The maximum absolute atomic E-state index is 13.1.